The second-order valence-corrected chi connectivity index (χ2v) is 12.9. The Labute approximate surface area is 251 Å². The molecule has 42 heavy (non-hydrogen) atoms. The normalized spacial score (nSPS) is 12.2. The van der Waals surface area contributed by atoms with Crippen molar-refractivity contribution in [3.8, 4) is 0 Å². The van der Waals surface area contributed by atoms with Crippen LogP contribution in [0.25, 0.3) is 0 Å². The Morgan fingerprint density at radius 2 is 1.62 bits per heavy atom. The smallest absolute Gasteiger partial charge is 0.243 e. The Balaban J connectivity index is 1.89. The fourth-order valence-corrected chi connectivity index (χ4v) is 5.62. The number of nitrogens with one attached hydrogen (secondary N) is 1. The van der Waals surface area contributed by atoms with Crippen LogP contribution in [0.5, 0.6) is 0 Å². The maximum atomic E-state index is 13.9. The predicted molar refractivity (Wildman–Crippen MR) is 162 cm³/mol. The van der Waals surface area contributed by atoms with Gasteiger partial charge in [0.05, 0.1) is 11.9 Å². The van der Waals surface area contributed by atoms with Gasteiger partial charge >= 0.3 is 0 Å². The van der Waals surface area contributed by atoms with Crippen molar-refractivity contribution in [2.75, 3.05) is 23.7 Å². The van der Waals surface area contributed by atoms with E-state index >= 15 is 0 Å². The van der Waals surface area contributed by atoms with Gasteiger partial charge in [-0.15, -0.1) is 0 Å². The predicted octanol–water partition coefficient (Wildman–Crippen LogP) is 5.58. The van der Waals surface area contributed by atoms with Crippen molar-refractivity contribution in [1.29, 1.82) is 0 Å². The van der Waals surface area contributed by atoms with Crippen molar-refractivity contribution >= 4 is 39.1 Å². The van der Waals surface area contributed by atoms with Crippen LogP contribution in [0, 0.1) is 17.6 Å². The van der Waals surface area contributed by atoms with Gasteiger partial charge in [-0.3, -0.25) is 13.9 Å². The first kappa shape index (κ1) is 33.0. The molecule has 2 amide bonds. The quantitative estimate of drug-likeness (QED) is 0.255. The van der Waals surface area contributed by atoms with E-state index in [1.165, 1.54) is 11.0 Å². The number of hydrogen-bond acceptors (Lipinski definition) is 4. The highest BCUT2D eigenvalue weighted by Gasteiger charge is 2.30. The minimum absolute atomic E-state index is 0.0466. The maximum absolute atomic E-state index is 13.9. The lowest BCUT2D eigenvalue weighted by molar-refractivity contribution is -0.141. The molecule has 3 rings (SSSR count). The summed E-state index contributed by atoms with van der Waals surface area (Å²) in [6.45, 7) is 4.33. The summed E-state index contributed by atoms with van der Waals surface area (Å²) in [5.41, 5.74) is 1.55. The number of sulfonamides is 1. The first-order valence-corrected chi connectivity index (χ1v) is 15.9. The third-order valence-electron chi connectivity index (χ3n) is 6.54. The third-order valence-corrected chi connectivity index (χ3v) is 7.97. The summed E-state index contributed by atoms with van der Waals surface area (Å²) in [7, 11) is -3.86. The molecule has 3 aromatic carbocycles. The molecule has 0 saturated carbocycles. The van der Waals surface area contributed by atoms with E-state index < -0.39 is 27.7 Å². The summed E-state index contributed by atoms with van der Waals surface area (Å²) in [6, 6.07) is 18.3. The molecule has 226 valence electrons. The largest absolute Gasteiger partial charge is 0.354 e. The van der Waals surface area contributed by atoms with E-state index in [9.17, 15) is 26.8 Å². The Morgan fingerprint density at radius 1 is 0.929 bits per heavy atom. The van der Waals surface area contributed by atoms with Gasteiger partial charge in [0, 0.05) is 43.6 Å². The molecule has 11 heteroatoms. The van der Waals surface area contributed by atoms with Gasteiger partial charge in [-0.1, -0.05) is 67.9 Å². The zero-order chi connectivity index (χ0) is 30.9. The number of amides is 2. The Morgan fingerprint density at radius 3 is 2.24 bits per heavy atom. The standard InChI is InChI=1S/C31H36ClF2N3O4S/c1-22(2)20-35-31(39)29(18-23-9-5-4-6-10-23)36(21-24-11-7-12-25(32)17-24)30(38)13-8-16-37(42(3,40)41)26-14-15-27(33)28(34)19-26/h4-7,9-12,14-15,17,19,22,29H,8,13,16,18,20-21H2,1-3H3,(H,35,39)/t29-/m1/s1. The molecular formula is C31H36ClF2N3O4S. The van der Waals surface area contributed by atoms with E-state index in [2.05, 4.69) is 5.32 Å². The first-order chi connectivity index (χ1) is 19.8. The lowest BCUT2D eigenvalue weighted by atomic mass is 10.0. The molecule has 0 aliphatic heterocycles. The molecule has 0 unspecified atom stereocenters. The van der Waals surface area contributed by atoms with Crippen LogP contribution in [-0.4, -0.2) is 50.5 Å². The monoisotopic (exact) mass is 619 g/mol. The minimum atomic E-state index is -3.86. The van der Waals surface area contributed by atoms with Gasteiger partial charge in [-0.25, -0.2) is 17.2 Å². The molecule has 0 saturated heterocycles. The van der Waals surface area contributed by atoms with Gasteiger partial charge in [-0.2, -0.15) is 0 Å². The number of rotatable bonds is 14. The number of nitrogens with zero attached hydrogens (tertiary/aromatic N) is 2. The lowest BCUT2D eigenvalue weighted by Gasteiger charge is -2.32. The van der Waals surface area contributed by atoms with Crippen molar-refractivity contribution in [1.82, 2.24) is 10.2 Å². The SMILES string of the molecule is CC(C)CNC(=O)[C@@H](Cc1ccccc1)N(Cc1cccc(Cl)c1)C(=O)CCCN(c1ccc(F)c(F)c1)S(C)(=O)=O. The average molecular weight is 620 g/mol. The van der Waals surface area contributed by atoms with Crippen LogP contribution < -0.4 is 9.62 Å². The van der Waals surface area contributed by atoms with Gasteiger partial charge in [0.2, 0.25) is 21.8 Å². The maximum Gasteiger partial charge on any atom is 0.243 e. The Hall–Kier alpha value is -3.50. The van der Waals surface area contributed by atoms with Gasteiger partial charge < -0.3 is 10.2 Å². The van der Waals surface area contributed by atoms with Crippen molar-refractivity contribution in [2.24, 2.45) is 5.92 Å². The van der Waals surface area contributed by atoms with Crippen LogP contribution in [-0.2, 0) is 32.6 Å². The Bertz CT molecular complexity index is 1470. The fourth-order valence-electron chi connectivity index (χ4n) is 4.45. The summed E-state index contributed by atoms with van der Waals surface area (Å²) < 4.78 is 53.2. The number of carbonyl (C=O) groups excluding carboxylic acids is 2. The Kier molecular flexibility index (Phi) is 11.9. The molecule has 0 spiro atoms. The molecule has 1 N–H and O–H groups in total. The number of halogens is 3. The molecule has 0 aromatic heterocycles. The molecule has 0 bridgehead atoms. The van der Waals surface area contributed by atoms with Gasteiger partial charge in [0.1, 0.15) is 6.04 Å². The lowest BCUT2D eigenvalue weighted by Crippen LogP contribution is -2.51. The summed E-state index contributed by atoms with van der Waals surface area (Å²) in [6.07, 6.45) is 1.19. The van der Waals surface area contributed by atoms with Crippen LogP contribution in [0.2, 0.25) is 5.02 Å². The van der Waals surface area contributed by atoms with Gasteiger partial charge in [0.25, 0.3) is 0 Å². The molecule has 7 nitrogen and oxygen atoms in total. The van der Waals surface area contributed by atoms with Gasteiger partial charge in [0.15, 0.2) is 11.6 Å². The molecule has 3 aromatic rings. The van der Waals surface area contributed by atoms with Crippen LogP contribution in [0.4, 0.5) is 14.5 Å². The molecular weight excluding hydrogens is 584 g/mol. The highest BCUT2D eigenvalue weighted by molar-refractivity contribution is 7.92. The van der Waals surface area contributed by atoms with Crippen LogP contribution in [0.1, 0.15) is 37.8 Å². The third kappa shape index (κ3) is 9.80. The van der Waals surface area contributed by atoms with Gasteiger partial charge in [-0.05, 0) is 47.7 Å². The van der Waals surface area contributed by atoms with Crippen LogP contribution in [0.3, 0.4) is 0 Å². The highest BCUT2D eigenvalue weighted by Crippen LogP contribution is 2.23. The van der Waals surface area contributed by atoms with Crippen LogP contribution >= 0.6 is 11.6 Å². The summed E-state index contributed by atoms with van der Waals surface area (Å²) in [5.74, 6) is -2.75. The number of carbonyl (C=O) groups is 2. The summed E-state index contributed by atoms with van der Waals surface area (Å²) >= 11 is 6.21. The molecule has 0 aliphatic rings. The van der Waals surface area contributed by atoms with E-state index in [0.717, 1.165) is 33.8 Å². The van der Waals surface area contributed by atoms with Crippen molar-refractivity contribution in [2.45, 2.75) is 45.7 Å². The molecule has 0 aliphatic carbocycles. The topological polar surface area (TPSA) is 86.8 Å². The van der Waals surface area contributed by atoms with E-state index in [0.29, 0.717) is 11.6 Å². The molecule has 0 radical (unpaired) electrons. The van der Waals surface area contributed by atoms with Crippen molar-refractivity contribution in [3.05, 3.63) is 101 Å². The van der Waals surface area contributed by atoms with E-state index in [1.807, 2.05) is 50.2 Å². The van der Waals surface area contributed by atoms with Crippen molar-refractivity contribution in [3.63, 3.8) is 0 Å². The van der Waals surface area contributed by atoms with Crippen LogP contribution in [0.15, 0.2) is 72.8 Å². The molecule has 0 fully saturated rings. The second-order valence-electron chi connectivity index (χ2n) is 10.5. The van der Waals surface area contributed by atoms with E-state index in [4.69, 9.17) is 11.6 Å². The minimum Gasteiger partial charge on any atom is -0.354 e. The fraction of sp³-hybridized carbons (Fsp3) is 0.355. The number of hydrogen-bond donors (Lipinski definition) is 1. The molecule has 1 atom stereocenters. The average Bonchev–Trinajstić information content (AvgIpc) is 2.93. The first-order valence-electron chi connectivity index (χ1n) is 13.6. The summed E-state index contributed by atoms with van der Waals surface area (Å²) in [4.78, 5) is 28.8. The van der Waals surface area contributed by atoms with E-state index in [-0.39, 0.29) is 55.8 Å². The number of benzene rings is 3. The second kappa shape index (κ2) is 15.1. The highest BCUT2D eigenvalue weighted by atomic mass is 35.5. The zero-order valence-electron chi connectivity index (χ0n) is 23.9. The zero-order valence-corrected chi connectivity index (χ0v) is 25.5. The van der Waals surface area contributed by atoms with Crippen molar-refractivity contribution < 1.29 is 26.8 Å². The number of anilines is 1. The van der Waals surface area contributed by atoms with E-state index in [1.54, 1.807) is 18.2 Å². The molecule has 0 heterocycles. The summed E-state index contributed by atoms with van der Waals surface area (Å²) in [5, 5.41) is 3.43.